The van der Waals surface area contributed by atoms with E-state index in [1.807, 2.05) is 0 Å². The van der Waals surface area contributed by atoms with Crippen LogP contribution in [0.15, 0.2) is 9.98 Å². The van der Waals surface area contributed by atoms with E-state index in [1.165, 1.54) is 11.3 Å². The molecular formula is C18H23BrF3N7O4S2. The van der Waals surface area contributed by atoms with Gasteiger partial charge in [-0.25, -0.2) is 14.8 Å². The fourth-order valence-electron chi connectivity index (χ4n) is 3.25. The van der Waals surface area contributed by atoms with E-state index in [4.69, 9.17) is 21.0 Å². The van der Waals surface area contributed by atoms with Crippen LogP contribution in [0.25, 0.3) is 0 Å². The molecule has 2 aliphatic heterocycles. The van der Waals surface area contributed by atoms with E-state index < -0.39 is 12.1 Å². The minimum absolute atomic E-state index is 0.0887. The van der Waals surface area contributed by atoms with Crippen molar-refractivity contribution >= 4 is 61.9 Å². The van der Waals surface area contributed by atoms with Gasteiger partial charge in [-0.2, -0.15) is 18.4 Å². The van der Waals surface area contributed by atoms with Crippen LogP contribution >= 0.6 is 39.0 Å². The smallest absolute Gasteiger partial charge is 0.475 e. The highest BCUT2D eigenvalue weighted by molar-refractivity contribution is 9.11. The molecule has 3 heterocycles. The Kier molecular flexibility index (Phi) is 11.2. The molecule has 35 heavy (non-hydrogen) atoms. The Morgan fingerprint density at radius 2 is 2.00 bits per heavy atom. The normalized spacial score (nSPS) is 19.1. The third-order valence-corrected chi connectivity index (χ3v) is 7.43. The predicted octanol–water partition coefficient (Wildman–Crippen LogP) is 1.54. The van der Waals surface area contributed by atoms with Gasteiger partial charge in [0.15, 0.2) is 5.13 Å². The van der Waals surface area contributed by atoms with E-state index >= 15 is 0 Å². The minimum atomic E-state index is -5.08. The zero-order valence-electron chi connectivity index (χ0n) is 18.2. The number of nitrogens with one attached hydrogen (secondary N) is 1. The average Bonchev–Trinajstić information content (AvgIpc) is 3.42. The summed E-state index contributed by atoms with van der Waals surface area (Å²) in [6.07, 6.45) is -1.85. The molecule has 1 atom stereocenters. The number of hydrogen-bond acceptors (Lipinski definition) is 10. The molecule has 194 valence electrons. The summed E-state index contributed by atoms with van der Waals surface area (Å²) >= 11 is 6.28. The number of nitrogens with two attached hydrogens (primary N) is 1. The number of carbonyl (C=O) groups excluding carboxylic acids is 2. The molecule has 2 aliphatic rings. The third kappa shape index (κ3) is 9.54. The molecule has 0 saturated carbocycles. The number of thiazole rings is 1. The first-order chi connectivity index (χ1) is 16.4. The van der Waals surface area contributed by atoms with Gasteiger partial charge in [0.2, 0.25) is 11.8 Å². The number of piperidine rings is 1. The van der Waals surface area contributed by atoms with Crippen LogP contribution in [0.3, 0.4) is 0 Å². The molecule has 2 amide bonds. The molecule has 0 unspecified atom stereocenters. The highest BCUT2D eigenvalue weighted by Crippen LogP contribution is 2.23. The Hall–Kier alpha value is -1.97. The number of carboxylic acid groups (broad SMARTS) is 1. The molecule has 0 aliphatic carbocycles. The number of nitriles is 1. The van der Waals surface area contributed by atoms with E-state index in [-0.39, 0.29) is 30.4 Å². The zero-order valence-corrected chi connectivity index (χ0v) is 21.4. The molecule has 2 fully saturated rings. The van der Waals surface area contributed by atoms with Crippen LogP contribution in [-0.2, 0) is 14.4 Å². The van der Waals surface area contributed by atoms with Crippen LogP contribution in [0.1, 0.15) is 12.8 Å². The lowest BCUT2D eigenvalue weighted by atomic mass is 10.0. The summed E-state index contributed by atoms with van der Waals surface area (Å²) < 4.78 is 32.6. The number of hydrazine groups is 1. The van der Waals surface area contributed by atoms with Crippen molar-refractivity contribution in [3.8, 4) is 6.07 Å². The van der Waals surface area contributed by atoms with Gasteiger partial charge in [0, 0.05) is 24.9 Å². The Balaban J connectivity index is 0.000000540. The van der Waals surface area contributed by atoms with E-state index in [0.717, 1.165) is 29.7 Å². The lowest BCUT2D eigenvalue weighted by Gasteiger charge is -2.36. The number of anilines is 1. The van der Waals surface area contributed by atoms with Crippen molar-refractivity contribution in [2.24, 2.45) is 5.84 Å². The van der Waals surface area contributed by atoms with Crippen molar-refractivity contribution in [2.75, 3.05) is 43.1 Å². The second kappa shape index (κ2) is 13.4. The number of alkyl halides is 3. The molecule has 0 bridgehead atoms. The van der Waals surface area contributed by atoms with Crippen molar-refractivity contribution in [1.29, 1.82) is 5.26 Å². The Morgan fingerprint density at radius 3 is 2.51 bits per heavy atom. The molecule has 17 heteroatoms. The maximum absolute atomic E-state index is 12.4. The first kappa shape index (κ1) is 29.3. The Bertz CT molecular complexity index is 938. The van der Waals surface area contributed by atoms with Gasteiger partial charge in [-0.15, -0.1) is 11.8 Å². The van der Waals surface area contributed by atoms with Gasteiger partial charge < -0.3 is 15.3 Å². The number of aliphatic carboxylic acids is 1. The van der Waals surface area contributed by atoms with Crippen molar-refractivity contribution in [3.05, 3.63) is 9.98 Å². The van der Waals surface area contributed by atoms with E-state index in [9.17, 15) is 22.8 Å². The van der Waals surface area contributed by atoms with Crippen LogP contribution in [0.4, 0.5) is 18.3 Å². The number of carboxylic acids is 1. The second-order valence-corrected chi connectivity index (χ2v) is 10.9. The molecule has 0 radical (unpaired) electrons. The van der Waals surface area contributed by atoms with Gasteiger partial charge in [0.1, 0.15) is 6.04 Å². The van der Waals surface area contributed by atoms with Gasteiger partial charge in [-0.3, -0.25) is 20.3 Å². The molecule has 2 saturated heterocycles. The summed E-state index contributed by atoms with van der Waals surface area (Å²) in [6, 6.07) is 1.90. The van der Waals surface area contributed by atoms with E-state index in [1.54, 1.807) is 27.9 Å². The van der Waals surface area contributed by atoms with Crippen molar-refractivity contribution in [3.63, 3.8) is 0 Å². The monoisotopic (exact) mass is 601 g/mol. The molecule has 0 spiro atoms. The second-order valence-electron chi connectivity index (χ2n) is 7.51. The SMILES string of the molecule is N#C[C@@H]1CSCN1C(=O)CN(N)C1CCN(CC(=O)Nc2ncc(Br)s2)CC1.O=C(O)C(F)(F)F. The number of aromatic nitrogens is 1. The molecule has 1 aromatic rings. The van der Waals surface area contributed by atoms with Gasteiger partial charge in [-0.1, -0.05) is 11.3 Å². The molecule has 3 rings (SSSR count). The Labute approximate surface area is 215 Å². The molecule has 4 N–H and O–H groups in total. The summed E-state index contributed by atoms with van der Waals surface area (Å²) in [5, 5.41) is 21.2. The molecule has 11 nitrogen and oxygen atoms in total. The van der Waals surface area contributed by atoms with Crippen molar-refractivity contribution in [2.45, 2.75) is 31.1 Å². The summed E-state index contributed by atoms with van der Waals surface area (Å²) in [6.45, 7) is 1.90. The maximum Gasteiger partial charge on any atom is 0.490 e. The molecule has 0 aromatic carbocycles. The number of amides is 2. The van der Waals surface area contributed by atoms with Gasteiger partial charge >= 0.3 is 12.1 Å². The van der Waals surface area contributed by atoms with Crippen LogP contribution in [0.2, 0.25) is 0 Å². The number of hydrogen-bond donors (Lipinski definition) is 3. The third-order valence-electron chi connectivity index (χ3n) is 5.03. The van der Waals surface area contributed by atoms with Crippen molar-refractivity contribution in [1.82, 2.24) is 19.8 Å². The van der Waals surface area contributed by atoms with Gasteiger partial charge in [0.25, 0.3) is 0 Å². The lowest BCUT2D eigenvalue weighted by molar-refractivity contribution is -0.192. The topological polar surface area (TPSA) is 156 Å². The number of carbonyl (C=O) groups is 3. The fourth-order valence-corrected chi connectivity index (χ4v) is 5.48. The minimum Gasteiger partial charge on any atom is -0.475 e. The fraction of sp³-hybridized carbons (Fsp3) is 0.611. The first-order valence-electron chi connectivity index (χ1n) is 10.1. The summed E-state index contributed by atoms with van der Waals surface area (Å²) in [7, 11) is 0. The zero-order chi connectivity index (χ0) is 26.2. The van der Waals surface area contributed by atoms with Gasteiger partial charge in [-0.05, 0) is 28.8 Å². The highest BCUT2D eigenvalue weighted by Gasteiger charge is 2.38. The number of nitrogens with zero attached hydrogens (tertiary/aromatic N) is 5. The van der Waals surface area contributed by atoms with Crippen LogP contribution in [0.5, 0.6) is 0 Å². The van der Waals surface area contributed by atoms with Crippen molar-refractivity contribution < 1.29 is 32.7 Å². The van der Waals surface area contributed by atoms with E-state index in [0.29, 0.717) is 23.3 Å². The number of likely N-dealkylation sites (tertiary alicyclic amines) is 1. The van der Waals surface area contributed by atoms with Crippen LogP contribution in [0, 0.1) is 11.3 Å². The van der Waals surface area contributed by atoms with Gasteiger partial charge in [0.05, 0.1) is 35.0 Å². The highest BCUT2D eigenvalue weighted by atomic mass is 79.9. The number of rotatable bonds is 6. The summed E-state index contributed by atoms with van der Waals surface area (Å²) in [5.41, 5.74) is 0. The van der Waals surface area contributed by atoms with Crippen LogP contribution in [-0.4, -0.2) is 98.8 Å². The lowest BCUT2D eigenvalue weighted by Crippen LogP contribution is -2.53. The van der Waals surface area contributed by atoms with Crippen LogP contribution < -0.4 is 11.2 Å². The van der Waals surface area contributed by atoms with E-state index in [2.05, 4.69) is 37.2 Å². The quantitative estimate of drug-likeness (QED) is 0.323. The standard InChI is InChI=1S/C16H22BrN7O2S2.C2HF3O2/c17-13-6-20-16(28-13)21-14(25)7-22-3-1-11(2-4-22)24(19)8-15(26)23-10-27-9-12(23)5-18;3-2(4,5)1(6)7/h6,11-12H,1-4,7-10,19H2,(H,20,21,25);(H,6,7)/t12-;/m1./s1. The average molecular weight is 602 g/mol. The molecular weight excluding hydrogens is 579 g/mol. The predicted molar refractivity (Wildman–Crippen MR) is 126 cm³/mol. The largest absolute Gasteiger partial charge is 0.490 e. The summed E-state index contributed by atoms with van der Waals surface area (Å²) in [5.74, 6) is 4.40. The maximum atomic E-state index is 12.4. The summed E-state index contributed by atoms with van der Waals surface area (Å²) in [4.78, 5) is 41.2. The molecule has 1 aromatic heterocycles. The first-order valence-corrected chi connectivity index (χ1v) is 12.9. The number of thioether (sulfide) groups is 1. The Morgan fingerprint density at radius 1 is 1.37 bits per heavy atom. The number of halogens is 4.